The maximum Gasteiger partial charge on any atom is 0.322 e. The van der Waals surface area contributed by atoms with E-state index in [0.29, 0.717) is 38.8 Å². The first kappa shape index (κ1) is 25.3. The summed E-state index contributed by atoms with van der Waals surface area (Å²) in [5.41, 5.74) is 16.4. The number of nitrogens with one attached hydrogen (secondary N) is 2. The number of carbonyl (C=O) groups excluding carboxylic acids is 4. The Balaban J connectivity index is 2.77. The van der Waals surface area contributed by atoms with E-state index in [-0.39, 0.29) is 19.3 Å². The minimum atomic E-state index is -1.20. The molecule has 170 valence electrons. The summed E-state index contributed by atoms with van der Waals surface area (Å²) in [5.74, 6) is -3.35. The molecule has 12 nitrogen and oxygen atoms in total. The predicted octanol–water partition coefficient (Wildman–Crippen LogP) is -2.62. The number of aliphatic carboxylic acids is 1. The van der Waals surface area contributed by atoms with E-state index in [1.54, 1.807) is 0 Å². The molecule has 1 aliphatic heterocycles. The van der Waals surface area contributed by atoms with E-state index >= 15 is 0 Å². The zero-order valence-electron chi connectivity index (χ0n) is 17.0. The van der Waals surface area contributed by atoms with Crippen molar-refractivity contribution >= 4 is 29.6 Å². The second kappa shape index (κ2) is 12.8. The van der Waals surface area contributed by atoms with E-state index in [0.717, 1.165) is 0 Å². The maximum atomic E-state index is 12.8. The van der Waals surface area contributed by atoms with Crippen LogP contribution in [0.5, 0.6) is 0 Å². The van der Waals surface area contributed by atoms with Gasteiger partial charge >= 0.3 is 5.97 Å². The van der Waals surface area contributed by atoms with Crippen LogP contribution in [0.25, 0.3) is 0 Å². The zero-order chi connectivity index (χ0) is 22.7. The largest absolute Gasteiger partial charge is 0.480 e. The summed E-state index contributed by atoms with van der Waals surface area (Å²) in [6, 6.07) is -2.68. The van der Waals surface area contributed by atoms with E-state index in [4.69, 9.17) is 22.3 Å². The lowest BCUT2D eigenvalue weighted by Crippen LogP contribution is -2.55. The summed E-state index contributed by atoms with van der Waals surface area (Å²) < 4.78 is 0. The van der Waals surface area contributed by atoms with Gasteiger partial charge in [-0.3, -0.25) is 24.0 Å². The van der Waals surface area contributed by atoms with E-state index in [2.05, 4.69) is 10.6 Å². The lowest BCUT2D eigenvalue weighted by Gasteiger charge is -2.28. The first-order valence-corrected chi connectivity index (χ1v) is 10.0. The van der Waals surface area contributed by atoms with Gasteiger partial charge in [-0.05, 0) is 45.1 Å². The highest BCUT2D eigenvalue weighted by molar-refractivity contribution is 5.94. The number of primary amides is 1. The Bertz CT molecular complexity index is 643. The highest BCUT2D eigenvalue weighted by Crippen LogP contribution is 2.19. The van der Waals surface area contributed by atoms with Crippen molar-refractivity contribution in [3.8, 4) is 0 Å². The van der Waals surface area contributed by atoms with Gasteiger partial charge in [-0.25, -0.2) is 0 Å². The summed E-state index contributed by atoms with van der Waals surface area (Å²) in [5, 5.41) is 13.6. The number of carboxylic acid groups (broad SMARTS) is 1. The Hall–Kier alpha value is -2.73. The van der Waals surface area contributed by atoms with Gasteiger partial charge < -0.3 is 37.8 Å². The van der Waals surface area contributed by atoms with Crippen LogP contribution in [0.4, 0.5) is 0 Å². The van der Waals surface area contributed by atoms with Gasteiger partial charge in [0, 0.05) is 13.0 Å². The molecule has 1 heterocycles. The molecule has 3 atom stereocenters. The summed E-state index contributed by atoms with van der Waals surface area (Å²) in [7, 11) is 0. The summed E-state index contributed by atoms with van der Waals surface area (Å²) >= 11 is 0. The van der Waals surface area contributed by atoms with Crippen LogP contribution >= 0.6 is 0 Å². The van der Waals surface area contributed by atoms with Gasteiger partial charge in [0.15, 0.2) is 0 Å². The molecule has 0 radical (unpaired) electrons. The number of carbonyl (C=O) groups is 5. The molecule has 3 unspecified atom stereocenters. The summed E-state index contributed by atoms with van der Waals surface area (Å²) in [6.45, 7) is 0.195. The van der Waals surface area contributed by atoms with Crippen molar-refractivity contribution in [3.05, 3.63) is 0 Å². The number of rotatable bonds is 13. The number of likely N-dealkylation sites (tertiary alicyclic amines) is 1. The molecular formula is C18H32N6O6. The first-order valence-electron chi connectivity index (χ1n) is 10.0. The molecule has 12 heteroatoms. The van der Waals surface area contributed by atoms with Crippen LogP contribution < -0.4 is 27.8 Å². The number of amides is 4. The minimum Gasteiger partial charge on any atom is -0.480 e. The summed E-state index contributed by atoms with van der Waals surface area (Å²) in [6.07, 6.45) is 2.53. The van der Waals surface area contributed by atoms with E-state index in [1.165, 1.54) is 4.90 Å². The molecule has 0 aromatic rings. The fourth-order valence-electron chi connectivity index (χ4n) is 3.25. The molecule has 1 aliphatic rings. The van der Waals surface area contributed by atoms with Crippen molar-refractivity contribution in [1.29, 1.82) is 0 Å². The molecule has 30 heavy (non-hydrogen) atoms. The standard InChI is InChI=1S/C18H32N6O6/c19-8-2-1-4-12(16(28)22-10-15(26)27)23-17(29)13-5-3-9-24(13)18(30)11(20)6-7-14(21)25/h11-13H,1-10,19-20H2,(H2,21,25)(H,22,28)(H,23,29)(H,26,27). The Kier molecular flexibility index (Phi) is 10.8. The van der Waals surface area contributed by atoms with Gasteiger partial charge in [0.1, 0.15) is 18.6 Å². The first-order chi connectivity index (χ1) is 14.2. The lowest BCUT2D eigenvalue weighted by atomic mass is 10.1. The van der Waals surface area contributed by atoms with Gasteiger partial charge in [0.25, 0.3) is 0 Å². The Morgan fingerprint density at radius 1 is 1.13 bits per heavy atom. The Labute approximate surface area is 174 Å². The van der Waals surface area contributed by atoms with Crippen molar-refractivity contribution in [1.82, 2.24) is 15.5 Å². The molecular weight excluding hydrogens is 396 g/mol. The van der Waals surface area contributed by atoms with Crippen LogP contribution in [0.3, 0.4) is 0 Å². The van der Waals surface area contributed by atoms with Crippen LogP contribution in [-0.4, -0.2) is 77.4 Å². The monoisotopic (exact) mass is 428 g/mol. The molecule has 4 amide bonds. The van der Waals surface area contributed by atoms with Gasteiger partial charge in [0.2, 0.25) is 23.6 Å². The molecule has 0 bridgehead atoms. The van der Waals surface area contributed by atoms with E-state index in [9.17, 15) is 24.0 Å². The van der Waals surface area contributed by atoms with Crippen molar-refractivity contribution in [2.24, 2.45) is 17.2 Å². The average Bonchev–Trinajstić information content (AvgIpc) is 3.18. The lowest BCUT2D eigenvalue weighted by molar-refractivity contribution is -0.141. The molecule has 0 aromatic heterocycles. The molecule has 0 aromatic carbocycles. The van der Waals surface area contributed by atoms with E-state index in [1.807, 2.05) is 0 Å². The SMILES string of the molecule is NCCCCC(NC(=O)C1CCCN1C(=O)C(N)CCC(N)=O)C(=O)NCC(=O)O. The second-order valence-corrected chi connectivity index (χ2v) is 7.26. The van der Waals surface area contributed by atoms with Gasteiger partial charge in [-0.2, -0.15) is 0 Å². The van der Waals surface area contributed by atoms with Gasteiger partial charge in [0.05, 0.1) is 6.04 Å². The predicted molar refractivity (Wildman–Crippen MR) is 107 cm³/mol. The molecule has 1 rings (SSSR count). The zero-order valence-corrected chi connectivity index (χ0v) is 17.0. The Morgan fingerprint density at radius 2 is 1.83 bits per heavy atom. The van der Waals surface area contributed by atoms with Crippen LogP contribution in [0.15, 0.2) is 0 Å². The molecule has 0 aliphatic carbocycles. The molecule has 0 spiro atoms. The van der Waals surface area contributed by atoms with Gasteiger partial charge in [-0.15, -0.1) is 0 Å². The molecule has 0 saturated carbocycles. The number of nitrogens with two attached hydrogens (primary N) is 3. The average molecular weight is 428 g/mol. The van der Waals surface area contributed by atoms with Crippen LogP contribution in [0, 0.1) is 0 Å². The van der Waals surface area contributed by atoms with Crippen molar-refractivity contribution in [2.75, 3.05) is 19.6 Å². The highest BCUT2D eigenvalue weighted by Gasteiger charge is 2.37. The summed E-state index contributed by atoms with van der Waals surface area (Å²) in [4.78, 5) is 60.6. The number of nitrogens with zero attached hydrogens (tertiary/aromatic N) is 1. The Morgan fingerprint density at radius 3 is 2.43 bits per heavy atom. The number of hydrogen-bond donors (Lipinski definition) is 6. The molecule has 1 saturated heterocycles. The number of hydrogen-bond acceptors (Lipinski definition) is 7. The van der Waals surface area contributed by atoms with Crippen molar-refractivity contribution in [2.45, 2.75) is 63.1 Å². The number of carboxylic acids is 1. The fourth-order valence-corrected chi connectivity index (χ4v) is 3.25. The molecule has 9 N–H and O–H groups in total. The van der Waals surface area contributed by atoms with Crippen LogP contribution in [0.2, 0.25) is 0 Å². The van der Waals surface area contributed by atoms with Crippen LogP contribution in [0.1, 0.15) is 44.9 Å². The van der Waals surface area contributed by atoms with Crippen molar-refractivity contribution < 1.29 is 29.1 Å². The van der Waals surface area contributed by atoms with E-state index < -0.39 is 54.3 Å². The third kappa shape index (κ3) is 8.33. The maximum absolute atomic E-state index is 12.8. The molecule has 1 fully saturated rings. The third-order valence-electron chi connectivity index (χ3n) is 4.85. The minimum absolute atomic E-state index is 0.0371. The van der Waals surface area contributed by atoms with Gasteiger partial charge in [-0.1, -0.05) is 0 Å². The topological polar surface area (TPSA) is 211 Å². The fraction of sp³-hybridized carbons (Fsp3) is 0.722. The number of unbranched alkanes of at least 4 members (excludes halogenated alkanes) is 1. The normalized spacial score (nSPS) is 17.8. The third-order valence-corrected chi connectivity index (χ3v) is 4.85. The smallest absolute Gasteiger partial charge is 0.322 e. The second-order valence-electron chi connectivity index (χ2n) is 7.26. The van der Waals surface area contributed by atoms with Crippen molar-refractivity contribution in [3.63, 3.8) is 0 Å². The highest BCUT2D eigenvalue weighted by atomic mass is 16.4. The quantitative estimate of drug-likeness (QED) is 0.171. The van der Waals surface area contributed by atoms with Crippen LogP contribution in [-0.2, 0) is 24.0 Å².